The third kappa shape index (κ3) is 2.42. The second-order valence-corrected chi connectivity index (χ2v) is 5.11. The van der Waals surface area contributed by atoms with Gasteiger partial charge >= 0.3 is 0 Å². The molecule has 0 N–H and O–H groups in total. The average molecular weight is 232 g/mol. The highest BCUT2D eigenvalue weighted by molar-refractivity contribution is 5.83. The largest absolute Gasteiger partial charge is 0.359 e. The summed E-state index contributed by atoms with van der Waals surface area (Å²) in [5.41, 5.74) is -0.713. The minimum absolute atomic E-state index is 0.314. The van der Waals surface area contributed by atoms with Gasteiger partial charge in [0.2, 0.25) is 0 Å². The summed E-state index contributed by atoms with van der Waals surface area (Å²) in [5.74, 6) is 0.314. The zero-order valence-corrected chi connectivity index (χ0v) is 10.3. The number of carbonyl (C=O) groups excluding carboxylic acids is 1. The van der Waals surface area contributed by atoms with Gasteiger partial charge in [0, 0.05) is 12.8 Å². The van der Waals surface area contributed by atoms with Crippen LogP contribution in [0.15, 0.2) is 37.5 Å². The molecular formula is C15H20O2. The highest BCUT2D eigenvalue weighted by Crippen LogP contribution is 2.46. The summed E-state index contributed by atoms with van der Waals surface area (Å²) in [5, 5.41) is 0. The van der Waals surface area contributed by atoms with E-state index in [1.807, 2.05) is 12.2 Å². The minimum Gasteiger partial charge on any atom is -0.359 e. The maximum Gasteiger partial charge on any atom is 0.139 e. The topological polar surface area (TPSA) is 26.3 Å². The van der Waals surface area contributed by atoms with Gasteiger partial charge in [-0.3, -0.25) is 4.79 Å². The molecule has 2 nitrogen and oxygen atoms in total. The van der Waals surface area contributed by atoms with Crippen LogP contribution < -0.4 is 0 Å². The lowest BCUT2D eigenvalue weighted by Crippen LogP contribution is -2.45. The summed E-state index contributed by atoms with van der Waals surface area (Å²) >= 11 is 0. The van der Waals surface area contributed by atoms with Gasteiger partial charge in [-0.2, -0.15) is 0 Å². The molecule has 0 aromatic rings. The SMILES string of the molecule is C=CCCC12C=CC(CCC=C)(CC(=O)C1)O2. The zero-order chi connectivity index (χ0) is 12.4. The number of hydrogen-bond acceptors (Lipinski definition) is 2. The molecule has 92 valence electrons. The van der Waals surface area contributed by atoms with E-state index in [1.54, 1.807) is 0 Å². The van der Waals surface area contributed by atoms with Crippen LogP contribution in [0, 0.1) is 0 Å². The van der Waals surface area contributed by atoms with Gasteiger partial charge in [0.15, 0.2) is 0 Å². The van der Waals surface area contributed by atoms with Crippen molar-refractivity contribution >= 4 is 5.78 Å². The molecule has 0 aromatic carbocycles. The molecule has 0 aromatic heterocycles. The lowest BCUT2D eigenvalue weighted by atomic mass is 9.85. The highest BCUT2D eigenvalue weighted by Gasteiger charge is 2.50. The van der Waals surface area contributed by atoms with E-state index in [0.717, 1.165) is 25.7 Å². The van der Waals surface area contributed by atoms with Crippen LogP contribution in [0.25, 0.3) is 0 Å². The van der Waals surface area contributed by atoms with E-state index in [2.05, 4.69) is 25.3 Å². The van der Waals surface area contributed by atoms with Crippen LogP contribution in [-0.4, -0.2) is 17.0 Å². The molecule has 2 unspecified atom stereocenters. The molecule has 1 saturated heterocycles. The molecule has 0 amide bonds. The summed E-state index contributed by atoms with van der Waals surface area (Å²) in [4.78, 5) is 11.9. The molecule has 0 aliphatic carbocycles. The zero-order valence-electron chi connectivity index (χ0n) is 10.3. The normalized spacial score (nSPS) is 34.9. The smallest absolute Gasteiger partial charge is 0.139 e. The van der Waals surface area contributed by atoms with Gasteiger partial charge < -0.3 is 4.74 Å². The molecule has 17 heavy (non-hydrogen) atoms. The number of fused-ring (bicyclic) bond motifs is 2. The van der Waals surface area contributed by atoms with E-state index in [0.29, 0.717) is 18.6 Å². The van der Waals surface area contributed by atoms with E-state index in [9.17, 15) is 4.79 Å². The summed E-state index contributed by atoms with van der Waals surface area (Å²) in [6.45, 7) is 7.46. The van der Waals surface area contributed by atoms with Gasteiger partial charge in [-0.15, -0.1) is 13.2 Å². The second-order valence-electron chi connectivity index (χ2n) is 5.11. The molecule has 2 rings (SSSR count). The first-order chi connectivity index (χ1) is 8.14. The standard InChI is InChI=1S/C15H20O2/c1-3-5-7-14-9-10-15(17-14,8-6-4-2)12-13(16)11-14/h3-4,9-10H,1-2,5-8,11-12H2. The first-order valence-corrected chi connectivity index (χ1v) is 6.28. The number of carbonyl (C=O) groups is 1. The Labute approximate surface area is 103 Å². The first-order valence-electron chi connectivity index (χ1n) is 6.28. The van der Waals surface area contributed by atoms with Crippen molar-refractivity contribution in [2.24, 2.45) is 0 Å². The van der Waals surface area contributed by atoms with Gasteiger partial charge in [-0.05, 0) is 25.7 Å². The van der Waals surface area contributed by atoms with Gasteiger partial charge in [0.1, 0.15) is 5.78 Å². The average Bonchev–Trinajstić information content (AvgIpc) is 2.58. The van der Waals surface area contributed by atoms with Crippen molar-refractivity contribution in [3.8, 4) is 0 Å². The van der Waals surface area contributed by atoms with Crippen molar-refractivity contribution in [3.63, 3.8) is 0 Å². The van der Waals surface area contributed by atoms with Crippen LogP contribution in [0.3, 0.4) is 0 Å². The predicted molar refractivity (Wildman–Crippen MR) is 68.8 cm³/mol. The summed E-state index contributed by atoms with van der Waals surface area (Å²) < 4.78 is 6.22. The Balaban J connectivity index is 2.13. The Hall–Kier alpha value is -1.15. The second kappa shape index (κ2) is 4.61. The van der Waals surface area contributed by atoms with Crippen LogP contribution in [0.1, 0.15) is 38.5 Å². The molecule has 2 bridgehead atoms. The van der Waals surface area contributed by atoms with Gasteiger partial charge in [-0.25, -0.2) is 0 Å². The van der Waals surface area contributed by atoms with Crippen molar-refractivity contribution in [2.45, 2.75) is 49.7 Å². The number of Topliss-reactive ketones (excluding diaryl/α,β-unsaturated/α-hetero) is 1. The number of ether oxygens (including phenoxy) is 1. The minimum atomic E-state index is -0.356. The van der Waals surface area contributed by atoms with Gasteiger partial charge in [0.05, 0.1) is 11.2 Å². The predicted octanol–water partition coefficient (Wildman–Crippen LogP) is 3.35. The van der Waals surface area contributed by atoms with Gasteiger partial charge in [0.25, 0.3) is 0 Å². The van der Waals surface area contributed by atoms with Crippen molar-refractivity contribution in [2.75, 3.05) is 0 Å². The van der Waals surface area contributed by atoms with E-state index >= 15 is 0 Å². The van der Waals surface area contributed by atoms with Crippen LogP contribution >= 0.6 is 0 Å². The number of hydrogen-bond donors (Lipinski definition) is 0. The molecule has 0 saturated carbocycles. The molecule has 0 radical (unpaired) electrons. The molecule has 0 spiro atoms. The van der Waals surface area contributed by atoms with Crippen LogP contribution in [0.2, 0.25) is 0 Å². The Kier molecular flexibility index (Phi) is 3.34. The van der Waals surface area contributed by atoms with Crippen molar-refractivity contribution in [1.29, 1.82) is 0 Å². The third-order valence-corrected chi connectivity index (χ3v) is 3.63. The van der Waals surface area contributed by atoms with Crippen LogP contribution in [-0.2, 0) is 9.53 Å². The number of allylic oxidation sites excluding steroid dienone is 2. The van der Waals surface area contributed by atoms with E-state index in [4.69, 9.17) is 4.74 Å². The van der Waals surface area contributed by atoms with Crippen molar-refractivity contribution in [3.05, 3.63) is 37.5 Å². The number of ketones is 1. The first kappa shape index (κ1) is 12.3. The molecular weight excluding hydrogens is 212 g/mol. The maximum atomic E-state index is 11.9. The molecule has 1 fully saturated rings. The molecule has 2 heteroatoms. The summed E-state index contributed by atoms with van der Waals surface area (Å²) in [6.07, 6.45) is 12.5. The number of rotatable bonds is 6. The van der Waals surface area contributed by atoms with E-state index in [-0.39, 0.29) is 11.2 Å². The Morgan fingerprint density at radius 3 is 2.00 bits per heavy atom. The van der Waals surface area contributed by atoms with E-state index < -0.39 is 0 Å². The van der Waals surface area contributed by atoms with Gasteiger partial charge in [-0.1, -0.05) is 24.3 Å². The van der Waals surface area contributed by atoms with Crippen LogP contribution in [0.4, 0.5) is 0 Å². The highest BCUT2D eigenvalue weighted by atomic mass is 16.5. The van der Waals surface area contributed by atoms with E-state index in [1.165, 1.54) is 0 Å². The molecule has 2 aliphatic heterocycles. The Morgan fingerprint density at radius 1 is 1.12 bits per heavy atom. The summed E-state index contributed by atoms with van der Waals surface area (Å²) in [6, 6.07) is 0. The fraction of sp³-hybridized carbons (Fsp3) is 0.533. The molecule has 2 aliphatic rings. The van der Waals surface area contributed by atoms with Crippen molar-refractivity contribution < 1.29 is 9.53 Å². The molecule has 2 heterocycles. The Bertz CT molecular complexity index is 337. The Morgan fingerprint density at radius 2 is 1.59 bits per heavy atom. The lowest BCUT2D eigenvalue weighted by Gasteiger charge is -2.39. The lowest BCUT2D eigenvalue weighted by molar-refractivity contribution is -0.156. The molecule has 2 atom stereocenters. The maximum absolute atomic E-state index is 11.9. The van der Waals surface area contributed by atoms with Crippen LogP contribution in [0.5, 0.6) is 0 Å². The quantitative estimate of drug-likeness (QED) is 0.656. The fourth-order valence-electron chi connectivity index (χ4n) is 2.83. The monoisotopic (exact) mass is 232 g/mol. The van der Waals surface area contributed by atoms with Crippen molar-refractivity contribution in [1.82, 2.24) is 0 Å². The fourth-order valence-corrected chi connectivity index (χ4v) is 2.83. The summed E-state index contributed by atoms with van der Waals surface area (Å²) in [7, 11) is 0. The third-order valence-electron chi connectivity index (χ3n) is 3.63.